The van der Waals surface area contributed by atoms with Crippen LogP contribution in [0.2, 0.25) is 0 Å². The molecule has 0 bridgehead atoms. The zero-order chi connectivity index (χ0) is 10.7. The van der Waals surface area contributed by atoms with E-state index in [0.29, 0.717) is 5.92 Å². The lowest BCUT2D eigenvalue weighted by Crippen LogP contribution is -2.13. The summed E-state index contributed by atoms with van der Waals surface area (Å²) >= 11 is 0. The van der Waals surface area contributed by atoms with E-state index in [4.69, 9.17) is 0 Å². The van der Waals surface area contributed by atoms with Crippen molar-refractivity contribution in [3.05, 3.63) is 35.4 Å². The molecule has 0 radical (unpaired) electrons. The van der Waals surface area contributed by atoms with Crippen molar-refractivity contribution in [1.82, 2.24) is 0 Å². The Kier molecular flexibility index (Phi) is 3.74. The lowest BCUT2D eigenvalue weighted by Gasteiger charge is -2.25. The summed E-state index contributed by atoms with van der Waals surface area (Å²) in [5.74, 6) is 2.13. The molecule has 0 spiro atoms. The van der Waals surface area contributed by atoms with E-state index in [0.717, 1.165) is 11.8 Å². The molecule has 0 aliphatic carbocycles. The standard InChI is InChI=1S/C14H22/c1-10(2)14(11(3)4)13-8-6-7-12(5)9-13/h6-11,14H,1-5H3. The minimum absolute atomic E-state index is 0.690. The number of benzene rings is 1. The Morgan fingerprint density at radius 2 is 1.50 bits per heavy atom. The molecule has 1 rings (SSSR count). The first-order valence-corrected chi connectivity index (χ1v) is 5.59. The molecule has 0 amide bonds. The Labute approximate surface area is 88.4 Å². The van der Waals surface area contributed by atoms with Crippen LogP contribution in [0.1, 0.15) is 44.7 Å². The van der Waals surface area contributed by atoms with Crippen LogP contribution >= 0.6 is 0 Å². The highest BCUT2D eigenvalue weighted by molar-refractivity contribution is 5.26. The molecular formula is C14H22. The van der Waals surface area contributed by atoms with Gasteiger partial charge in [-0.25, -0.2) is 0 Å². The Bertz CT molecular complexity index is 276. The molecule has 0 heterocycles. The Balaban J connectivity index is 2.99. The minimum Gasteiger partial charge on any atom is -0.0622 e. The molecule has 0 nitrogen and oxygen atoms in total. The van der Waals surface area contributed by atoms with Crippen LogP contribution in [0.25, 0.3) is 0 Å². The van der Waals surface area contributed by atoms with Crippen molar-refractivity contribution in [2.75, 3.05) is 0 Å². The predicted molar refractivity (Wildman–Crippen MR) is 63.6 cm³/mol. The average Bonchev–Trinajstić information content (AvgIpc) is 2.02. The van der Waals surface area contributed by atoms with Crippen LogP contribution < -0.4 is 0 Å². The SMILES string of the molecule is Cc1cccc(C(C(C)C)C(C)C)c1. The van der Waals surface area contributed by atoms with Gasteiger partial charge < -0.3 is 0 Å². The second-order valence-corrected chi connectivity index (χ2v) is 4.93. The number of rotatable bonds is 3. The fraction of sp³-hybridized carbons (Fsp3) is 0.571. The van der Waals surface area contributed by atoms with Gasteiger partial charge in [-0.2, -0.15) is 0 Å². The molecule has 0 heteroatoms. The fourth-order valence-electron chi connectivity index (χ4n) is 2.42. The summed E-state index contributed by atoms with van der Waals surface area (Å²) in [7, 11) is 0. The number of hydrogen-bond donors (Lipinski definition) is 0. The van der Waals surface area contributed by atoms with Gasteiger partial charge >= 0.3 is 0 Å². The van der Waals surface area contributed by atoms with E-state index in [-0.39, 0.29) is 0 Å². The van der Waals surface area contributed by atoms with Crippen molar-refractivity contribution in [1.29, 1.82) is 0 Å². The first-order valence-electron chi connectivity index (χ1n) is 5.59. The van der Waals surface area contributed by atoms with Gasteiger partial charge in [-0.15, -0.1) is 0 Å². The van der Waals surface area contributed by atoms with E-state index in [1.54, 1.807) is 0 Å². The fourth-order valence-corrected chi connectivity index (χ4v) is 2.42. The van der Waals surface area contributed by atoms with Gasteiger partial charge in [0.05, 0.1) is 0 Å². The second kappa shape index (κ2) is 4.63. The van der Waals surface area contributed by atoms with E-state index in [1.807, 2.05) is 0 Å². The van der Waals surface area contributed by atoms with Crippen molar-refractivity contribution >= 4 is 0 Å². The summed E-state index contributed by atoms with van der Waals surface area (Å²) < 4.78 is 0. The van der Waals surface area contributed by atoms with Gasteiger partial charge in [-0.1, -0.05) is 57.5 Å². The van der Waals surface area contributed by atoms with Gasteiger partial charge in [0, 0.05) is 0 Å². The summed E-state index contributed by atoms with van der Waals surface area (Å²) in [4.78, 5) is 0. The van der Waals surface area contributed by atoms with Gasteiger partial charge in [0.15, 0.2) is 0 Å². The summed E-state index contributed by atoms with van der Waals surface area (Å²) in [6.45, 7) is 11.4. The summed E-state index contributed by atoms with van der Waals surface area (Å²) in [5.41, 5.74) is 2.86. The first-order chi connectivity index (χ1) is 6.52. The molecule has 1 aromatic carbocycles. The molecule has 0 atom stereocenters. The smallest absolute Gasteiger partial charge is 0.0116 e. The Morgan fingerprint density at radius 3 is 1.93 bits per heavy atom. The van der Waals surface area contributed by atoms with Crippen molar-refractivity contribution in [2.24, 2.45) is 11.8 Å². The molecular weight excluding hydrogens is 168 g/mol. The predicted octanol–water partition coefficient (Wildman–Crippen LogP) is 4.39. The third-order valence-electron chi connectivity index (χ3n) is 2.86. The average molecular weight is 190 g/mol. The molecule has 0 aliphatic heterocycles. The second-order valence-electron chi connectivity index (χ2n) is 4.93. The van der Waals surface area contributed by atoms with Crippen LogP contribution in [0, 0.1) is 18.8 Å². The summed E-state index contributed by atoms with van der Waals surface area (Å²) in [5, 5.41) is 0. The van der Waals surface area contributed by atoms with E-state index in [2.05, 4.69) is 58.9 Å². The highest BCUT2D eigenvalue weighted by atomic mass is 14.2. The maximum Gasteiger partial charge on any atom is -0.0116 e. The molecule has 14 heavy (non-hydrogen) atoms. The summed E-state index contributed by atoms with van der Waals surface area (Å²) in [6, 6.07) is 8.92. The van der Waals surface area contributed by atoms with E-state index in [1.165, 1.54) is 11.1 Å². The van der Waals surface area contributed by atoms with E-state index >= 15 is 0 Å². The van der Waals surface area contributed by atoms with Crippen LogP contribution in [0.3, 0.4) is 0 Å². The minimum atomic E-state index is 0.690. The third-order valence-corrected chi connectivity index (χ3v) is 2.86. The van der Waals surface area contributed by atoms with Gasteiger partial charge in [-0.3, -0.25) is 0 Å². The van der Waals surface area contributed by atoms with Gasteiger partial charge in [0.2, 0.25) is 0 Å². The van der Waals surface area contributed by atoms with Crippen LogP contribution in [0.5, 0.6) is 0 Å². The van der Waals surface area contributed by atoms with Crippen LogP contribution in [0.4, 0.5) is 0 Å². The van der Waals surface area contributed by atoms with E-state index < -0.39 is 0 Å². The Hall–Kier alpha value is -0.780. The van der Waals surface area contributed by atoms with Gasteiger partial charge in [0.1, 0.15) is 0 Å². The van der Waals surface area contributed by atoms with Crippen LogP contribution in [-0.2, 0) is 0 Å². The molecule has 0 fully saturated rings. The zero-order valence-electron chi connectivity index (χ0n) is 10.0. The number of aryl methyl sites for hydroxylation is 1. The van der Waals surface area contributed by atoms with Crippen molar-refractivity contribution in [2.45, 2.75) is 40.5 Å². The topological polar surface area (TPSA) is 0 Å². The Morgan fingerprint density at radius 1 is 0.929 bits per heavy atom. The van der Waals surface area contributed by atoms with Crippen LogP contribution in [-0.4, -0.2) is 0 Å². The van der Waals surface area contributed by atoms with Crippen molar-refractivity contribution in [3.63, 3.8) is 0 Å². The highest BCUT2D eigenvalue weighted by Gasteiger charge is 2.19. The maximum atomic E-state index is 2.32. The lowest BCUT2D eigenvalue weighted by molar-refractivity contribution is 0.387. The zero-order valence-corrected chi connectivity index (χ0v) is 10.0. The van der Waals surface area contributed by atoms with Crippen molar-refractivity contribution in [3.8, 4) is 0 Å². The molecule has 78 valence electrons. The number of hydrogen-bond acceptors (Lipinski definition) is 0. The van der Waals surface area contributed by atoms with Gasteiger partial charge in [0.25, 0.3) is 0 Å². The lowest BCUT2D eigenvalue weighted by atomic mass is 9.80. The van der Waals surface area contributed by atoms with Gasteiger partial charge in [-0.05, 0) is 30.2 Å². The summed E-state index contributed by atoms with van der Waals surface area (Å²) in [6.07, 6.45) is 0. The molecule has 0 N–H and O–H groups in total. The molecule has 0 aliphatic rings. The third kappa shape index (κ3) is 2.60. The largest absolute Gasteiger partial charge is 0.0622 e. The maximum absolute atomic E-state index is 2.32. The quantitative estimate of drug-likeness (QED) is 0.663. The molecule has 0 saturated heterocycles. The molecule has 0 unspecified atom stereocenters. The molecule has 0 saturated carbocycles. The van der Waals surface area contributed by atoms with Crippen LogP contribution in [0.15, 0.2) is 24.3 Å². The monoisotopic (exact) mass is 190 g/mol. The van der Waals surface area contributed by atoms with Crippen molar-refractivity contribution < 1.29 is 0 Å². The molecule has 0 aromatic heterocycles. The first kappa shape index (κ1) is 11.3. The highest BCUT2D eigenvalue weighted by Crippen LogP contribution is 2.31. The normalized spacial score (nSPS) is 11.7. The van der Waals surface area contributed by atoms with E-state index in [9.17, 15) is 0 Å². The molecule has 1 aromatic rings.